The normalized spacial score (nSPS) is 15.2. The lowest BCUT2D eigenvalue weighted by molar-refractivity contribution is -0.0793. The zero-order valence-corrected chi connectivity index (χ0v) is 17.5. The Morgan fingerprint density at radius 3 is 2.47 bits per heavy atom. The van der Waals surface area contributed by atoms with E-state index in [0.717, 1.165) is 0 Å². The van der Waals surface area contributed by atoms with Crippen LogP contribution in [0.3, 0.4) is 0 Å². The van der Waals surface area contributed by atoms with Crippen LogP contribution in [0.1, 0.15) is 11.1 Å². The highest BCUT2D eigenvalue weighted by molar-refractivity contribution is 7.46. The van der Waals surface area contributed by atoms with Crippen molar-refractivity contribution in [3.8, 4) is 11.5 Å². The summed E-state index contributed by atoms with van der Waals surface area (Å²) in [6.45, 7) is -0.103. The molecule has 1 aromatic rings. The number of phosphoric acid groups is 1. The van der Waals surface area contributed by atoms with Gasteiger partial charge >= 0.3 is 13.5 Å². The Balaban J connectivity index is 2.09. The second-order valence-corrected chi connectivity index (χ2v) is 8.34. The number of phosphoric ester groups is 1. The van der Waals surface area contributed by atoms with Crippen molar-refractivity contribution in [1.82, 2.24) is 19.5 Å². The summed E-state index contributed by atoms with van der Waals surface area (Å²) >= 11 is 0. The molecule has 1 aromatic carbocycles. The number of H-pyrrole nitrogens is 1. The van der Waals surface area contributed by atoms with E-state index in [9.17, 15) is 34.6 Å². The van der Waals surface area contributed by atoms with Crippen LogP contribution in [0, 0.1) is 6.92 Å². The number of nitrogens with one attached hydrogen (secondary N) is 1. The SMILES string of the molecule is Cc1cc2nc3c(=O)[nH]c(=O)nc-3n(C[C@H](O)[C@H](O)[C@H](O)COP(=O)(O)O)c2cc1CO. The molecule has 14 nitrogen and oxygen atoms in total. The van der Waals surface area contributed by atoms with Gasteiger partial charge in [-0.05, 0) is 30.2 Å². The van der Waals surface area contributed by atoms with Crippen molar-refractivity contribution in [3.05, 3.63) is 44.1 Å². The Morgan fingerprint density at radius 1 is 1.16 bits per heavy atom. The average Bonchev–Trinajstić information content (AvgIpc) is 2.70. The minimum atomic E-state index is -4.92. The maximum absolute atomic E-state index is 12.3. The van der Waals surface area contributed by atoms with Crippen LogP contribution < -0.4 is 11.2 Å². The Bertz CT molecular complexity index is 1270. The van der Waals surface area contributed by atoms with E-state index in [2.05, 4.69) is 14.5 Å². The molecule has 0 fully saturated rings. The molecule has 0 unspecified atom stereocenters. The summed E-state index contributed by atoms with van der Waals surface area (Å²) in [7, 11) is -4.92. The fourth-order valence-electron chi connectivity index (χ4n) is 3.17. The zero-order chi connectivity index (χ0) is 23.8. The van der Waals surface area contributed by atoms with E-state index in [0.29, 0.717) is 11.1 Å². The van der Waals surface area contributed by atoms with Crippen LogP contribution in [-0.2, 0) is 22.2 Å². The first-order chi connectivity index (χ1) is 14.9. The third kappa shape index (κ3) is 5.09. The number of aromatic amines is 1. The smallest absolute Gasteiger partial charge is 0.392 e. The highest BCUT2D eigenvalue weighted by Crippen LogP contribution is 2.36. The van der Waals surface area contributed by atoms with Gasteiger partial charge < -0.3 is 34.8 Å². The van der Waals surface area contributed by atoms with E-state index in [1.807, 2.05) is 4.98 Å². The summed E-state index contributed by atoms with van der Waals surface area (Å²) in [6.07, 6.45) is -5.55. The van der Waals surface area contributed by atoms with Gasteiger partial charge in [0.2, 0.25) is 0 Å². The molecule has 0 saturated heterocycles. The van der Waals surface area contributed by atoms with E-state index >= 15 is 0 Å². The number of aliphatic hydroxyl groups excluding tert-OH is 4. The maximum atomic E-state index is 12.3. The molecule has 2 aliphatic rings. The minimum Gasteiger partial charge on any atom is -0.392 e. The van der Waals surface area contributed by atoms with Gasteiger partial charge in [-0.2, -0.15) is 4.98 Å². The largest absolute Gasteiger partial charge is 0.469 e. The number of rotatable bonds is 8. The predicted octanol–water partition coefficient (Wildman–Crippen LogP) is -2.42. The van der Waals surface area contributed by atoms with Gasteiger partial charge in [-0.3, -0.25) is 14.3 Å². The molecule has 0 radical (unpaired) electrons. The van der Waals surface area contributed by atoms with Crippen molar-refractivity contribution in [2.45, 2.75) is 38.4 Å². The van der Waals surface area contributed by atoms with Crippen molar-refractivity contribution in [1.29, 1.82) is 0 Å². The fourth-order valence-corrected chi connectivity index (χ4v) is 3.51. The molecule has 32 heavy (non-hydrogen) atoms. The van der Waals surface area contributed by atoms with Gasteiger partial charge in [-0.1, -0.05) is 0 Å². The van der Waals surface area contributed by atoms with E-state index in [1.165, 1.54) is 10.6 Å². The molecule has 0 bridgehead atoms. The Hall–Kier alpha value is -2.55. The Morgan fingerprint density at radius 2 is 1.84 bits per heavy atom. The van der Waals surface area contributed by atoms with Gasteiger partial charge in [0.05, 0.1) is 30.8 Å². The number of nitrogens with zero attached hydrogens (tertiary/aromatic N) is 3. The van der Waals surface area contributed by atoms with Gasteiger partial charge in [0.15, 0.2) is 11.5 Å². The lowest BCUT2D eigenvalue weighted by Gasteiger charge is -2.26. The third-order valence-electron chi connectivity index (χ3n) is 4.81. The first kappa shape index (κ1) is 24.1. The number of hydrogen-bond acceptors (Lipinski definition) is 10. The van der Waals surface area contributed by atoms with Crippen molar-refractivity contribution in [2.75, 3.05) is 6.61 Å². The predicted molar refractivity (Wildman–Crippen MR) is 108 cm³/mol. The lowest BCUT2D eigenvalue weighted by atomic mass is 10.1. The molecule has 0 spiro atoms. The number of aryl methyl sites for hydroxylation is 1. The molecule has 2 heterocycles. The van der Waals surface area contributed by atoms with Gasteiger partial charge in [-0.15, -0.1) is 0 Å². The van der Waals surface area contributed by atoms with E-state index in [4.69, 9.17) is 9.79 Å². The molecular formula is C17H21N4O10P. The van der Waals surface area contributed by atoms with Crippen LogP contribution in [0.4, 0.5) is 0 Å². The molecule has 3 atom stereocenters. The first-order valence-electron chi connectivity index (χ1n) is 9.20. The molecule has 7 N–H and O–H groups in total. The molecule has 0 aromatic heterocycles. The highest BCUT2D eigenvalue weighted by atomic mass is 31.2. The van der Waals surface area contributed by atoms with Gasteiger partial charge in [0.1, 0.15) is 18.3 Å². The molecule has 174 valence electrons. The first-order valence-corrected chi connectivity index (χ1v) is 10.7. The third-order valence-corrected chi connectivity index (χ3v) is 5.29. The van der Waals surface area contributed by atoms with Gasteiger partial charge in [0.25, 0.3) is 5.56 Å². The van der Waals surface area contributed by atoms with Gasteiger partial charge in [0, 0.05) is 0 Å². The summed E-state index contributed by atoms with van der Waals surface area (Å²) in [6, 6.07) is 3.09. The topological polar surface area (TPSA) is 228 Å². The van der Waals surface area contributed by atoms with Crippen molar-refractivity contribution < 1.29 is 39.3 Å². The molecular weight excluding hydrogens is 451 g/mol. The Kier molecular flexibility index (Phi) is 6.88. The highest BCUT2D eigenvalue weighted by Gasteiger charge is 2.30. The summed E-state index contributed by atoms with van der Waals surface area (Å²) in [5.41, 5.74) is -0.345. The second-order valence-electron chi connectivity index (χ2n) is 7.10. The number of hydrogen-bond donors (Lipinski definition) is 7. The summed E-state index contributed by atoms with van der Waals surface area (Å²) < 4.78 is 16.1. The van der Waals surface area contributed by atoms with E-state index < -0.39 is 50.5 Å². The van der Waals surface area contributed by atoms with Gasteiger partial charge in [-0.25, -0.2) is 14.3 Å². The number of aromatic nitrogens is 4. The second kappa shape index (κ2) is 9.13. The van der Waals surface area contributed by atoms with E-state index in [1.54, 1.807) is 13.0 Å². The van der Waals surface area contributed by atoms with Crippen LogP contribution in [-0.4, -0.2) is 74.7 Å². The minimum absolute atomic E-state index is 0.216. The van der Waals surface area contributed by atoms with Crippen LogP contribution in [0.5, 0.6) is 0 Å². The number of benzene rings is 1. The van der Waals surface area contributed by atoms with E-state index in [-0.39, 0.29) is 29.2 Å². The average molecular weight is 472 g/mol. The summed E-state index contributed by atoms with van der Waals surface area (Å²) in [4.78, 5) is 51.4. The van der Waals surface area contributed by atoms with Crippen LogP contribution in [0.2, 0.25) is 0 Å². The fraction of sp³-hybridized carbons (Fsp3) is 0.412. The van der Waals surface area contributed by atoms with Crippen LogP contribution >= 0.6 is 7.82 Å². The zero-order valence-electron chi connectivity index (χ0n) is 16.6. The lowest BCUT2D eigenvalue weighted by Crippen LogP contribution is -2.42. The summed E-state index contributed by atoms with van der Waals surface area (Å²) in [5.74, 6) is -0.216. The molecule has 3 rings (SSSR count). The van der Waals surface area contributed by atoms with Crippen molar-refractivity contribution >= 4 is 18.9 Å². The quantitative estimate of drug-likeness (QED) is 0.134. The molecule has 0 amide bonds. The Labute approximate surface area is 179 Å². The maximum Gasteiger partial charge on any atom is 0.469 e. The molecule has 0 saturated carbocycles. The standard InChI is InChI=1S/C17H21N4O10P/c1-7-2-9-10(3-8(7)5-22)21(15-13(18-9)16(26)20-17(27)19-15)4-11(23)14(25)12(24)6-31-32(28,29)30/h2-3,11-12,14,22-25H,4-6H2,1H3,(H,20,26,27)(H2,28,29,30)/t11-,12+,14-/m0/s1. The monoisotopic (exact) mass is 472 g/mol. The summed E-state index contributed by atoms with van der Waals surface area (Å²) in [5, 5.41) is 40.2. The molecule has 15 heteroatoms. The van der Waals surface area contributed by atoms with Crippen LogP contribution in [0.25, 0.3) is 22.6 Å². The number of aliphatic hydroxyl groups is 4. The molecule has 0 aliphatic carbocycles. The van der Waals surface area contributed by atoms with Crippen molar-refractivity contribution in [3.63, 3.8) is 0 Å². The number of fused-ring (bicyclic) bond motifs is 2. The van der Waals surface area contributed by atoms with Crippen LogP contribution in [0.15, 0.2) is 21.7 Å². The molecule has 2 aliphatic heterocycles. The van der Waals surface area contributed by atoms with Crippen molar-refractivity contribution in [2.24, 2.45) is 0 Å².